The molecule has 0 unspecified atom stereocenters. The van der Waals surface area contributed by atoms with Crippen molar-refractivity contribution in [2.45, 2.75) is 19.3 Å². The Bertz CT molecular complexity index is 548. The molecule has 5 nitrogen and oxygen atoms in total. The Balaban J connectivity index is 1.72. The van der Waals surface area contributed by atoms with Crippen LogP contribution in [0.5, 0.6) is 0 Å². The smallest absolute Gasteiger partial charge is 0.253 e. The average molecular weight is 273 g/mol. The third-order valence-corrected chi connectivity index (χ3v) is 4.22. The van der Waals surface area contributed by atoms with Gasteiger partial charge in [0.15, 0.2) is 0 Å². The van der Waals surface area contributed by atoms with E-state index in [0.29, 0.717) is 24.4 Å². The highest BCUT2D eigenvalue weighted by Gasteiger charge is 2.24. The standard InChI is InChI=1S/C15H19N3O2/c16-9-10-3-5-18(6-4-10)15(20)12-2-1-11-8-14(19)17-13(11)7-12/h1-2,7,10H,3-6,8-9,16H2,(H,17,19). The molecule has 3 rings (SSSR count). The van der Waals surface area contributed by atoms with E-state index in [4.69, 9.17) is 5.73 Å². The Hall–Kier alpha value is -1.88. The van der Waals surface area contributed by atoms with Gasteiger partial charge in [0.1, 0.15) is 0 Å². The number of benzene rings is 1. The van der Waals surface area contributed by atoms with Crippen LogP contribution in [0.4, 0.5) is 5.69 Å². The van der Waals surface area contributed by atoms with Crippen molar-refractivity contribution in [2.24, 2.45) is 11.7 Å². The van der Waals surface area contributed by atoms with Crippen molar-refractivity contribution in [3.63, 3.8) is 0 Å². The molecule has 1 aromatic carbocycles. The monoisotopic (exact) mass is 273 g/mol. The minimum absolute atomic E-state index is 0.00615. The number of piperidine rings is 1. The summed E-state index contributed by atoms with van der Waals surface area (Å²) in [5.74, 6) is 0.580. The number of rotatable bonds is 2. The molecule has 2 aliphatic heterocycles. The fraction of sp³-hybridized carbons (Fsp3) is 0.467. The summed E-state index contributed by atoms with van der Waals surface area (Å²) in [5, 5.41) is 2.79. The lowest BCUT2D eigenvalue weighted by Crippen LogP contribution is -2.40. The summed E-state index contributed by atoms with van der Waals surface area (Å²) < 4.78 is 0. The van der Waals surface area contributed by atoms with E-state index in [1.165, 1.54) is 0 Å². The second-order valence-corrected chi connectivity index (χ2v) is 5.57. The number of nitrogens with zero attached hydrogens (tertiary/aromatic N) is 1. The van der Waals surface area contributed by atoms with Crippen molar-refractivity contribution in [3.05, 3.63) is 29.3 Å². The lowest BCUT2D eigenvalue weighted by molar-refractivity contribution is -0.115. The van der Waals surface area contributed by atoms with Gasteiger partial charge in [-0.1, -0.05) is 6.07 Å². The number of amides is 2. The van der Waals surface area contributed by atoms with Crippen LogP contribution in [0.1, 0.15) is 28.8 Å². The second kappa shape index (κ2) is 5.25. The topological polar surface area (TPSA) is 75.4 Å². The third kappa shape index (κ3) is 2.41. The molecule has 2 heterocycles. The molecule has 3 N–H and O–H groups in total. The Labute approximate surface area is 118 Å². The van der Waals surface area contributed by atoms with Gasteiger partial charge in [-0.05, 0) is 43.0 Å². The van der Waals surface area contributed by atoms with Crippen LogP contribution in [0.2, 0.25) is 0 Å². The number of hydrogen-bond donors (Lipinski definition) is 2. The number of hydrogen-bond acceptors (Lipinski definition) is 3. The Kier molecular flexibility index (Phi) is 3.44. The van der Waals surface area contributed by atoms with Crippen LogP contribution < -0.4 is 11.1 Å². The van der Waals surface area contributed by atoms with Gasteiger partial charge in [0.25, 0.3) is 5.91 Å². The van der Waals surface area contributed by atoms with Crippen molar-refractivity contribution in [1.82, 2.24) is 4.90 Å². The summed E-state index contributed by atoms with van der Waals surface area (Å²) in [5.41, 5.74) is 8.06. The molecule has 0 aromatic heterocycles. The van der Waals surface area contributed by atoms with Crippen LogP contribution in [-0.2, 0) is 11.2 Å². The minimum Gasteiger partial charge on any atom is -0.339 e. The first kappa shape index (κ1) is 13.1. The van der Waals surface area contributed by atoms with Crippen molar-refractivity contribution in [3.8, 4) is 0 Å². The molecular weight excluding hydrogens is 254 g/mol. The van der Waals surface area contributed by atoms with E-state index >= 15 is 0 Å². The van der Waals surface area contributed by atoms with E-state index in [1.54, 1.807) is 6.07 Å². The fourth-order valence-corrected chi connectivity index (χ4v) is 2.90. The van der Waals surface area contributed by atoms with Crippen molar-refractivity contribution < 1.29 is 9.59 Å². The Morgan fingerprint density at radius 3 is 2.80 bits per heavy atom. The van der Waals surface area contributed by atoms with Crippen molar-refractivity contribution >= 4 is 17.5 Å². The first-order valence-electron chi connectivity index (χ1n) is 7.09. The maximum Gasteiger partial charge on any atom is 0.253 e. The maximum atomic E-state index is 12.5. The van der Waals surface area contributed by atoms with Gasteiger partial charge in [0, 0.05) is 24.3 Å². The quantitative estimate of drug-likeness (QED) is 0.844. The zero-order valence-electron chi connectivity index (χ0n) is 11.4. The van der Waals surface area contributed by atoms with Gasteiger partial charge >= 0.3 is 0 Å². The highest BCUT2D eigenvalue weighted by molar-refractivity contribution is 6.02. The highest BCUT2D eigenvalue weighted by Crippen LogP contribution is 2.25. The molecule has 1 aromatic rings. The number of fused-ring (bicyclic) bond motifs is 1. The first-order chi connectivity index (χ1) is 9.67. The summed E-state index contributed by atoms with van der Waals surface area (Å²) in [7, 11) is 0. The number of likely N-dealkylation sites (tertiary alicyclic amines) is 1. The molecule has 0 atom stereocenters. The molecule has 1 saturated heterocycles. The normalized spacial score (nSPS) is 18.9. The van der Waals surface area contributed by atoms with Crippen LogP contribution in [0.3, 0.4) is 0 Å². The SMILES string of the molecule is NCC1CCN(C(=O)c2ccc3c(c2)NC(=O)C3)CC1. The van der Waals surface area contributed by atoms with Crippen molar-refractivity contribution in [1.29, 1.82) is 0 Å². The summed E-state index contributed by atoms with van der Waals surface area (Å²) >= 11 is 0. The molecule has 0 saturated carbocycles. The van der Waals surface area contributed by atoms with Crippen LogP contribution in [0.25, 0.3) is 0 Å². The Morgan fingerprint density at radius 1 is 1.35 bits per heavy atom. The zero-order valence-corrected chi connectivity index (χ0v) is 11.4. The van der Waals surface area contributed by atoms with Gasteiger partial charge in [-0.2, -0.15) is 0 Å². The van der Waals surface area contributed by atoms with Gasteiger partial charge in [-0.25, -0.2) is 0 Å². The van der Waals surface area contributed by atoms with Gasteiger partial charge in [-0.15, -0.1) is 0 Å². The van der Waals surface area contributed by atoms with Crippen LogP contribution in [0.15, 0.2) is 18.2 Å². The summed E-state index contributed by atoms with van der Waals surface area (Å²) in [6.07, 6.45) is 2.36. The molecule has 2 aliphatic rings. The molecule has 0 radical (unpaired) electrons. The van der Waals surface area contributed by atoms with E-state index in [1.807, 2.05) is 17.0 Å². The van der Waals surface area contributed by atoms with Crippen LogP contribution >= 0.6 is 0 Å². The predicted octanol–water partition coefficient (Wildman–Crippen LogP) is 0.992. The fourth-order valence-electron chi connectivity index (χ4n) is 2.90. The average Bonchev–Trinajstić information content (AvgIpc) is 2.85. The summed E-state index contributed by atoms with van der Waals surface area (Å²) in [6, 6.07) is 5.47. The molecule has 1 fully saturated rings. The minimum atomic E-state index is -0.00615. The first-order valence-corrected chi connectivity index (χ1v) is 7.09. The number of nitrogens with one attached hydrogen (secondary N) is 1. The van der Waals surface area contributed by atoms with E-state index in [2.05, 4.69) is 5.32 Å². The third-order valence-electron chi connectivity index (χ3n) is 4.22. The lowest BCUT2D eigenvalue weighted by Gasteiger charge is -2.31. The highest BCUT2D eigenvalue weighted by atomic mass is 16.2. The van der Waals surface area contributed by atoms with Crippen molar-refractivity contribution in [2.75, 3.05) is 25.0 Å². The van der Waals surface area contributed by atoms with Crippen LogP contribution in [-0.4, -0.2) is 36.3 Å². The molecule has 106 valence electrons. The summed E-state index contributed by atoms with van der Waals surface area (Å²) in [4.78, 5) is 25.7. The van der Waals surface area contributed by atoms with E-state index in [0.717, 1.165) is 37.2 Å². The van der Waals surface area contributed by atoms with Crippen LogP contribution in [0, 0.1) is 5.92 Å². The molecule has 5 heteroatoms. The number of carbonyl (C=O) groups excluding carboxylic acids is 2. The van der Waals surface area contributed by atoms with E-state index < -0.39 is 0 Å². The van der Waals surface area contributed by atoms with E-state index in [9.17, 15) is 9.59 Å². The summed E-state index contributed by atoms with van der Waals surface area (Å²) in [6.45, 7) is 2.24. The molecule has 0 bridgehead atoms. The zero-order chi connectivity index (χ0) is 14.1. The van der Waals surface area contributed by atoms with Gasteiger partial charge in [0.2, 0.25) is 5.91 Å². The lowest BCUT2D eigenvalue weighted by atomic mass is 9.96. The number of anilines is 1. The second-order valence-electron chi connectivity index (χ2n) is 5.57. The predicted molar refractivity (Wildman–Crippen MR) is 76.5 cm³/mol. The van der Waals surface area contributed by atoms with Gasteiger partial charge < -0.3 is 16.0 Å². The number of carbonyl (C=O) groups is 2. The number of nitrogens with two attached hydrogens (primary N) is 1. The molecule has 0 spiro atoms. The molecular formula is C15H19N3O2. The molecule has 20 heavy (non-hydrogen) atoms. The van der Waals surface area contributed by atoms with Gasteiger partial charge in [0.05, 0.1) is 6.42 Å². The molecule has 2 amide bonds. The van der Waals surface area contributed by atoms with E-state index in [-0.39, 0.29) is 11.8 Å². The maximum absolute atomic E-state index is 12.5. The molecule has 0 aliphatic carbocycles. The largest absolute Gasteiger partial charge is 0.339 e. The Morgan fingerprint density at radius 2 is 2.10 bits per heavy atom. The van der Waals surface area contributed by atoms with Gasteiger partial charge in [-0.3, -0.25) is 9.59 Å².